The van der Waals surface area contributed by atoms with E-state index in [9.17, 15) is 4.79 Å². The number of benzene rings is 1. The van der Waals surface area contributed by atoms with Crippen LogP contribution in [-0.4, -0.2) is 30.4 Å². The Morgan fingerprint density at radius 1 is 1.18 bits per heavy atom. The molecule has 3 nitrogen and oxygen atoms in total. The predicted molar refractivity (Wildman–Crippen MR) is 93.8 cm³/mol. The highest BCUT2D eigenvalue weighted by atomic mass is 35.5. The van der Waals surface area contributed by atoms with E-state index in [-0.39, 0.29) is 11.9 Å². The van der Waals surface area contributed by atoms with Crippen molar-refractivity contribution in [1.29, 1.82) is 0 Å². The van der Waals surface area contributed by atoms with Gasteiger partial charge in [0.1, 0.15) is 0 Å². The molecule has 1 aromatic heterocycles. The van der Waals surface area contributed by atoms with Gasteiger partial charge in [0.05, 0.1) is 15.3 Å². The SMILES string of the molecule is CCN(CC)C(CNC(=O)c1ccc(Cl)s1)c1ccccc1. The molecule has 0 bridgehead atoms. The number of thiophene rings is 1. The molecule has 0 aliphatic rings. The molecule has 0 fully saturated rings. The lowest BCUT2D eigenvalue weighted by molar-refractivity contribution is 0.0939. The second kappa shape index (κ2) is 8.32. The fourth-order valence-electron chi connectivity index (χ4n) is 2.51. The average molecular weight is 337 g/mol. The number of nitrogens with one attached hydrogen (secondary N) is 1. The van der Waals surface area contributed by atoms with Crippen LogP contribution in [0.5, 0.6) is 0 Å². The van der Waals surface area contributed by atoms with Gasteiger partial charge in [-0.3, -0.25) is 9.69 Å². The third kappa shape index (κ3) is 4.32. The van der Waals surface area contributed by atoms with Gasteiger partial charge in [-0.15, -0.1) is 11.3 Å². The van der Waals surface area contributed by atoms with Gasteiger partial charge < -0.3 is 5.32 Å². The van der Waals surface area contributed by atoms with Gasteiger partial charge in [0.25, 0.3) is 5.91 Å². The van der Waals surface area contributed by atoms with E-state index in [1.165, 1.54) is 16.9 Å². The van der Waals surface area contributed by atoms with E-state index in [4.69, 9.17) is 11.6 Å². The molecule has 1 amide bonds. The smallest absolute Gasteiger partial charge is 0.261 e. The van der Waals surface area contributed by atoms with Crippen LogP contribution in [0.4, 0.5) is 0 Å². The summed E-state index contributed by atoms with van der Waals surface area (Å²) in [5.41, 5.74) is 1.22. The van der Waals surface area contributed by atoms with Crippen molar-refractivity contribution >= 4 is 28.8 Å². The molecular weight excluding hydrogens is 316 g/mol. The van der Waals surface area contributed by atoms with Crippen LogP contribution in [0.25, 0.3) is 0 Å². The second-order valence-corrected chi connectivity index (χ2v) is 6.68. The Labute approximate surface area is 140 Å². The lowest BCUT2D eigenvalue weighted by Gasteiger charge is -2.30. The number of nitrogens with zero attached hydrogens (tertiary/aromatic N) is 1. The Kier molecular flexibility index (Phi) is 6.43. The molecule has 0 saturated heterocycles. The van der Waals surface area contributed by atoms with E-state index in [1.54, 1.807) is 12.1 Å². The van der Waals surface area contributed by atoms with Crippen molar-refractivity contribution in [3.8, 4) is 0 Å². The number of halogens is 1. The van der Waals surface area contributed by atoms with Crippen molar-refractivity contribution in [3.63, 3.8) is 0 Å². The first kappa shape index (κ1) is 17.0. The molecule has 1 heterocycles. The number of carbonyl (C=O) groups is 1. The number of amides is 1. The zero-order valence-corrected chi connectivity index (χ0v) is 14.5. The van der Waals surface area contributed by atoms with Crippen molar-refractivity contribution in [2.45, 2.75) is 19.9 Å². The molecule has 0 spiro atoms. The van der Waals surface area contributed by atoms with Gasteiger partial charge in [0.2, 0.25) is 0 Å². The van der Waals surface area contributed by atoms with E-state index in [0.717, 1.165) is 13.1 Å². The van der Waals surface area contributed by atoms with Gasteiger partial charge in [0.15, 0.2) is 0 Å². The van der Waals surface area contributed by atoms with Crippen LogP contribution in [0.15, 0.2) is 42.5 Å². The van der Waals surface area contributed by atoms with E-state index in [1.807, 2.05) is 18.2 Å². The third-order valence-electron chi connectivity index (χ3n) is 3.69. The topological polar surface area (TPSA) is 32.3 Å². The second-order valence-electron chi connectivity index (χ2n) is 4.96. The highest BCUT2D eigenvalue weighted by Gasteiger charge is 2.19. The summed E-state index contributed by atoms with van der Waals surface area (Å²) >= 11 is 7.19. The van der Waals surface area contributed by atoms with Crippen molar-refractivity contribution in [3.05, 3.63) is 57.2 Å². The summed E-state index contributed by atoms with van der Waals surface area (Å²) in [4.78, 5) is 15.2. The first-order valence-electron chi connectivity index (χ1n) is 7.48. The molecule has 0 aliphatic carbocycles. The van der Waals surface area contributed by atoms with Crippen LogP contribution < -0.4 is 5.32 Å². The maximum absolute atomic E-state index is 12.2. The summed E-state index contributed by atoms with van der Waals surface area (Å²) in [5.74, 6) is -0.0648. The minimum Gasteiger partial charge on any atom is -0.349 e. The quantitative estimate of drug-likeness (QED) is 0.821. The van der Waals surface area contributed by atoms with Crippen LogP contribution in [0.2, 0.25) is 4.34 Å². The van der Waals surface area contributed by atoms with E-state index in [0.29, 0.717) is 15.8 Å². The summed E-state index contributed by atoms with van der Waals surface area (Å²) in [5, 5.41) is 3.03. The van der Waals surface area contributed by atoms with Crippen molar-refractivity contribution < 1.29 is 4.79 Å². The third-order valence-corrected chi connectivity index (χ3v) is 4.92. The number of carbonyl (C=O) groups excluding carboxylic acids is 1. The number of likely N-dealkylation sites (N-methyl/N-ethyl adjacent to an activating group) is 1. The normalized spacial score (nSPS) is 12.4. The maximum Gasteiger partial charge on any atom is 0.261 e. The van der Waals surface area contributed by atoms with Gasteiger partial charge in [-0.2, -0.15) is 0 Å². The molecule has 1 aromatic carbocycles. The zero-order chi connectivity index (χ0) is 15.9. The Morgan fingerprint density at radius 3 is 2.41 bits per heavy atom. The fraction of sp³-hybridized carbons (Fsp3) is 0.353. The molecule has 118 valence electrons. The van der Waals surface area contributed by atoms with Crippen molar-refractivity contribution in [1.82, 2.24) is 10.2 Å². The Balaban J connectivity index is 2.08. The zero-order valence-electron chi connectivity index (χ0n) is 12.9. The van der Waals surface area contributed by atoms with Crippen LogP contribution in [0.1, 0.15) is 35.1 Å². The minimum absolute atomic E-state index is 0.0648. The van der Waals surface area contributed by atoms with Crippen LogP contribution in [0, 0.1) is 0 Å². The number of hydrogen-bond donors (Lipinski definition) is 1. The monoisotopic (exact) mass is 336 g/mol. The maximum atomic E-state index is 12.2. The van der Waals surface area contributed by atoms with Gasteiger partial charge in [0, 0.05) is 6.54 Å². The molecule has 22 heavy (non-hydrogen) atoms. The lowest BCUT2D eigenvalue weighted by Crippen LogP contribution is -2.37. The molecule has 1 atom stereocenters. The molecule has 1 unspecified atom stereocenters. The van der Waals surface area contributed by atoms with Crippen molar-refractivity contribution in [2.24, 2.45) is 0 Å². The average Bonchev–Trinajstić information content (AvgIpc) is 2.98. The van der Waals surface area contributed by atoms with Gasteiger partial charge in [-0.1, -0.05) is 55.8 Å². The first-order chi connectivity index (χ1) is 10.7. The van der Waals surface area contributed by atoms with E-state index < -0.39 is 0 Å². The summed E-state index contributed by atoms with van der Waals surface area (Å²) in [6.07, 6.45) is 0. The molecule has 5 heteroatoms. The summed E-state index contributed by atoms with van der Waals surface area (Å²) in [6.45, 7) is 6.74. The van der Waals surface area contributed by atoms with Crippen molar-refractivity contribution in [2.75, 3.05) is 19.6 Å². The molecule has 0 aliphatic heterocycles. The highest BCUT2D eigenvalue weighted by Crippen LogP contribution is 2.22. The molecule has 1 N–H and O–H groups in total. The van der Waals surface area contributed by atoms with Gasteiger partial charge in [-0.25, -0.2) is 0 Å². The predicted octanol–water partition coefficient (Wildman–Crippen LogP) is 4.21. The number of rotatable bonds is 7. The number of hydrogen-bond acceptors (Lipinski definition) is 3. The Hall–Kier alpha value is -1.36. The van der Waals surface area contributed by atoms with Gasteiger partial charge >= 0.3 is 0 Å². The largest absolute Gasteiger partial charge is 0.349 e. The Bertz CT molecular complexity index is 596. The molecule has 2 aromatic rings. The van der Waals surface area contributed by atoms with E-state index in [2.05, 4.69) is 36.2 Å². The summed E-state index contributed by atoms with van der Waals surface area (Å²) in [6, 6.07) is 14.0. The van der Waals surface area contributed by atoms with Gasteiger partial charge in [-0.05, 0) is 30.8 Å². The summed E-state index contributed by atoms with van der Waals surface area (Å²) in [7, 11) is 0. The van der Waals surface area contributed by atoms with E-state index >= 15 is 0 Å². The standard InChI is InChI=1S/C17H21ClN2OS/c1-3-20(4-2)14(13-8-6-5-7-9-13)12-19-17(21)15-10-11-16(18)22-15/h5-11,14H,3-4,12H2,1-2H3,(H,19,21). The highest BCUT2D eigenvalue weighted by molar-refractivity contribution is 7.17. The molecule has 0 radical (unpaired) electrons. The lowest BCUT2D eigenvalue weighted by atomic mass is 10.1. The van der Waals surface area contributed by atoms with Crippen LogP contribution >= 0.6 is 22.9 Å². The molecular formula is C17H21ClN2OS. The first-order valence-corrected chi connectivity index (χ1v) is 8.67. The summed E-state index contributed by atoms with van der Waals surface area (Å²) < 4.78 is 0.633. The minimum atomic E-state index is -0.0648. The van der Waals surface area contributed by atoms with Crippen LogP contribution in [-0.2, 0) is 0 Å². The molecule has 2 rings (SSSR count). The fourth-order valence-corrected chi connectivity index (χ4v) is 3.47. The van der Waals surface area contributed by atoms with Crippen LogP contribution in [0.3, 0.4) is 0 Å². The Morgan fingerprint density at radius 2 is 1.86 bits per heavy atom. The molecule has 0 saturated carbocycles.